The maximum Gasteiger partial charge on any atom is 0.191 e. The van der Waals surface area contributed by atoms with E-state index in [0.29, 0.717) is 37.8 Å². The molecule has 1 aliphatic rings. The summed E-state index contributed by atoms with van der Waals surface area (Å²) in [5, 5.41) is 6.48. The summed E-state index contributed by atoms with van der Waals surface area (Å²) in [5.74, 6) is 0.901. The van der Waals surface area contributed by atoms with Gasteiger partial charge in [0.15, 0.2) is 12.8 Å². The van der Waals surface area contributed by atoms with Crippen LogP contribution in [0.15, 0.2) is 35.3 Å². The second-order valence-electron chi connectivity index (χ2n) is 6.92. The van der Waals surface area contributed by atoms with Crippen molar-refractivity contribution in [3.63, 3.8) is 0 Å². The quantitative estimate of drug-likeness (QED) is 0.321. The predicted octanol–water partition coefficient (Wildman–Crippen LogP) is 4.10. The van der Waals surface area contributed by atoms with Gasteiger partial charge in [0.25, 0.3) is 0 Å². The normalized spacial score (nSPS) is 13.1. The van der Waals surface area contributed by atoms with E-state index in [1.807, 2.05) is 13.8 Å². The van der Waals surface area contributed by atoms with E-state index in [9.17, 15) is 8.78 Å². The SMILES string of the molecule is CCNC(=NCCc1ccc(F)cc1C)NCCc1cc(F)cc2c1OCOC2.I. The Kier molecular flexibility index (Phi) is 9.77. The molecule has 3 rings (SSSR count). The fourth-order valence-electron chi connectivity index (χ4n) is 3.33. The fourth-order valence-corrected chi connectivity index (χ4v) is 3.33. The van der Waals surface area contributed by atoms with Gasteiger partial charge in [0.1, 0.15) is 17.4 Å². The van der Waals surface area contributed by atoms with E-state index in [2.05, 4.69) is 15.6 Å². The molecule has 2 aromatic carbocycles. The zero-order valence-electron chi connectivity index (χ0n) is 17.3. The summed E-state index contributed by atoms with van der Waals surface area (Å²) in [6.07, 6.45) is 1.33. The number of guanidine groups is 1. The standard InChI is InChI=1S/C22H27F2N3O2.HI/c1-3-25-22(26-8-6-16-4-5-19(23)10-15(16)2)27-9-7-17-11-20(24)12-18-13-28-14-29-21(17)18;/h4-5,10-12H,3,6-9,13-14H2,1-2H3,(H2,25,26,27);1H. The molecule has 0 aromatic heterocycles. The van der Waals surface area contributed by atoms with Crippen molar-refractivity contribution < 1.29 is 18.3 Å². The lowest BCUT2D eigenvalue weighted by Crippen LogP contribution is -2.38. The molecule has 2 aromatic rings. The van der Waals surface area contributed by atoms with Crippen LogP contribution in [-0.4, -0.2) is 32.4 Å². The monoisotopic (exact) mass is 531 g/mol. The minimum atomic E-state index is -0.289. The van der Waals surface area contributed by atoms with Crippen molar-refractivity contribution >= 4 is 29.9 Å². The van der Waals surface area contributed by atoms with E-state index >= 15 is 0 Å². The van der Waals surface area contributed by atoms with Crippen molar-refractivity contribution in [1.82, 2.24) is 10.6 Å². The van der Waals surface area contributed by atoms with Crippen molar-refractivity contribution in [2.75, 3.05) is 26.4 Å². The highest BCUT2D eigenvalue weighted by Crippen LogP contribution is 2.29. The van der Waals surface area contributed by atoms with Crippen LogP contribution in [0.25, 0.3) is 0 Å². The number of rotatable bonds is 7. The average molecular weight is 531 g/mol. The summed E-state index contributed by atoms with van der Waals surface area (Å²) in [6, 6.07) is 7.77. The molecule has 164 valence electrons. The van der Waals surface area contributed by atoms with Crippen LogP contribution in [0.4, 0.5) is 8.78 Å². The lowest BCUT2D eigenvalue weighted by atomic mass is 10.1. The topological polar surface area (TPSA) is 54.9 Å². The van der Waals surface area contributed by atoms with E-state index in [-0.39, 0.29) is 42.4 Å². The van der Waals surface area contributed by atoms with Crippen molar-refractivity contribution in [2.45, 2.75) is 33.3 Å². The molecule has 2 N–H and O–H groups in total. The van der Waals surface area contributed by atoms with E-state index < -0.39 is 0 Å². The van der Waals surface area contributed by atoms with E-state index in [4.69, 9.17) is 9.47 Å². The minimum absolute atomic E-state index is 0. The molecule has 0 unspecified atom stereocenters. The van der Waals surface area contributed by atoms with Gasteiger partial charge >= 0.3 is 0 Å². The van der Waals surface area contributed by atoms with E-state index in [1.165, 1.54) is 24.3 Å². The third-order valence-corrected chi connectivity index (χ3v) is 4.74. The molecular weight excluding hydrogens is 503 g/mol. The maximum absolute atomic E-state index is 13.9. The van der Waals surface area contributed by atoms with Crippen molar-refractivity contribution in [3.8, 4) is 5.75 Å². The van der Waals surface area contributed by atoms with Gasteiger partial charge in [-0.2, -0.15) is 0 Å². The Labute approximate surface area is 193 Å². The van der Waals surface area contributed by atoms with Gasteiger partial charge in [-0.05, 0) is 67.6 Å². The number of aliphatic imine (C=N–C) groups is 1. The van der Waals surface area contributed by atoms with Gasteiger partial charge in [-0.3, -0.25) is 4.99 Å². The van der Waals surface area contributed by atoms with Crippen LogP contribution in [0.5, 0.6) is 5.75 Å². The van der Waals surface area contributed by atoms with Crippen molar-refractivity contribution in [2.24, 2.45) is 4.99 Å². The van der Waals surface area contributed by atoms with Crippen LogP contribution < -0.4 is 15.4 Å². The Morgan fingerprint density at radius 3 is 2.67 bits per heavy atom. The van der Waals surface area contributed by atoms with Crippen molar-refractivity contribution in [1.29, 1.82) is 0 Å². The van der Waals surface area contributed by atoms with Crippen LogP contribution in [0.3, 0.4) is 0 Å². The molecule has 0 fully saturated rings. The lowest BCUT2D eigenvalue weighted by Gasteiger charge is -2.21. The number of aryl methyl sites for hydroxylation is 1. The van der Waals surface area contributed by atoms with Gasteiger partial charge in [0.05, 0.1) is 6.61 Å². The molecule has 0 amide bonds. The summed E-state index contributed by atoms with van der Waals surface area (Å²) >= 11 is 0. The Morgan fingerprint density at radius 2 is 1.90 bits per heavy atom. The zero-order valence-corrected chi connectivity index (χ0v) is 19.6. The second kappa shape index (κ2) is 12.0. The summed E-state index contributed by atoms with van der Waals surface area (Å²) in [7, 11) is 0. The minimum Gasteiger partial charge on any atom is -0.467 e. The van der Waals surface area contributed by atoms with Gasteiger partial charge in [0, 0.05) is 25.2 Å². The summed E-state index contributed by atoms with van der Waals surface area (Å²) in [4.78, 5) is 4.58. The first kappa shape index (κ1) is 24.3. The molecule has 0 atom stereocenters. The van der Waals surface area contributed by atoms with E-state index in [0.717, 1.165) is 35.2 Å². The van der Waals surface area contributed by atoms with Crippen LogP contribution >= 0.6 is 24.0 Å². The third-order valence-electron chi connectivity index (χ3n) is 4.74. The van der Waals surface area contributed by atoms with Crippen LogP contribution in [-0.2, 0) is 24.2 Å². The highest BCUT2D eigenvalue weighted by atomic mass is 127. The fraction of sp³-hybridized carbons (Fsp3) is 0.409. The molecule has 0 bridgehead atoms. The molecule has 1 aliphatic heterocycles. The number of nitrogens with zero attached hydrogens (tertiary/aromatic N) is 1. The van der Waals surface area contributed by atoms with Crippen LogP contribution in [0.1, 0.15) is 29.2 Å². The largest absolute Gasteiger partial charge is 0.467 e. The highest BCUT2D eigenvalue weighted by molar-refractivity contribution is 14.0. The third kappa shape index (κ3) is 6.80. The molecule has 8 heteroatoms. The molecule has 0 saturated carbocycles. The number of hydrogen-bond acceptors (Lipinski definition) is 3. The molecule has 30 heavy (non-hydrogen) atoms. The predicted molar refractivity (Wildman–Crippen MR) is 125 cm³/mol. The van der Waals surface area contributed by atoms with Gasteiger partial charge in [-0.15, -0.1) is 24.0 Å². The first-order chi connectivity index (χ1) is 14.1. The van der Waals surface area contributed by atoms with Gasteiger partial charge < -0.3 is 20.1 Å². The molecule has 0 spiro atoms. The molecule has 0 saturated heterocycles. The number of hydrogen-bond donors (Lipinski definition) is 2. The van der Waals surface area contributed by atoms with Crippen molar-refractivity contribution in [3.05, 3.63) is 64.2 Å². The number of nitrogens with one attached hydrogen (secondary N) is 2. The first-order valence-corrected chi connectivity index (χ1v) is 9.86. The highest BCUT2D eigenvalue weighted by Gasteiger charge is 2.16. The Morgan fingerprint density at radius 1 is 1.07 bits per heavy atom. The second-order valence-corrected chi connectivity index (χ2v) is 6.92. The molecule has 0 aliphatic carbocycles. The zero-order chi connectivity index (χ0) is 20.6. The van der Waals surface area contributed by atoms with E-state index in [1.54, 1.807) is 6.07 Å². The average Bonchev–Trinajstić information content (AvgIpc) is 2.69. The molecule has 1 heterocycles. The Hall–Kier alpha value is -1.94. The molecule has 5 nitrogen and oxygen atoms in total. The van der Waals surface area contributed by atoms with Crippen LogP contribution in [0.2, 0.25) is 0 Å². The van der Waals surface area contributed by atoms with Gasteiger partial charge in [-0.25, -0.2) is 8.78 Å². The summed E-state index contributed by atoms with van der Waals surface area (Å²) < 4.78 is 37.9. The van der Waals surface area contributed by atoms with Gasteiger partial charge in [-0.1, -0.05) is 6.07 Å². The lowest BCUT2D eigenvalue weighted by molar-refractivity contribution is -0.0172. The number of halogens is 3. The number of benzene rings is 2. The molecule has 0 radical (unpaired) electrons. The smallest absolute Gasteiger partial charge is 0.191 e. The summed E-state index contributed by atoms with van der Waals surface area (Å²) in [6.45, 7) is 6.35. The van der Waals surface area contributed by atoms with Gasteiger partial charge in [0.2, 0.25) is 0 Å². The summed E-state index contributed by atoms with van der Waals surface area (Å²) in [5.41, 5.74) is 3.56. The molecular formula is C22H28F2IN3O2. The Balaban J connectivity index is 0.00000320. The first-order valence-electron chi connectivity index (χ1n) is 9.86. The number of ether oxygens (including phenoxy) is 2. The number of fused-ring (bicyclic) bond motifs is 1. The maximum atomic E-state index is 13.9. The van der Waals surface area contributed by atoms with Crippen LogP contribution in [0, 0.1) is 18.6 Å². The Bertz CT molecular complexity index is 878.